The highest BCUT2D eigenvalue weighted by Gasteiger charge is 2.36. The molecule has 4 aromatic rings. The van der Waals surface area contributed by atoms with Crippen molar-refractivity contribution >= 4 is 27.1 Å². The fourth-order valence-electron chi connectivity index (χ4n) is 4.15. The van der Waals surface area contributed by atoms with E-state index in [1.807, 2.05) is 78.2 Å². The number of carbonyl (C=O) groups excluding carboxylic acids is 1. The van der Waals surface area contributed by atoms with Crippen LogP contribution in [0.2, 0.25) is 0 Å². The van der Waals surface area contributed by atoms with Gasteiger partial charge in [0.05, 0.1) is 29.4 Å². The Bertz CT molecular complexity index is 1350. The van der Waals surface area contributed by atoms with Gasteiger partial charge in [-0.05, 0) is 36.1 Å². The third kappa shape index (κ3) is 4.62. The first-order chi connectivity index (χ1) is 16.0. The molecule has 1 fully saturated rings. The summed E-state index contributed by atoms with van der Waals surface area (Å²) >= 11 is 1.56. The maximum Gasteiger partial charge on any atom is 0.273 e. The quantitative estimate of drug-likeness (QED) is 0.412. The van der Waals surface area contributed by atoms with Crippen molar-refractivity contribution in [2.75, 3.05) is 11.5 Å². The van der Waals surface area contributed by atoms with Crippen molar-refractivity contribution in [1.82, 2.24) is 14.7 Å². The summed E-state index contributed by atoms with van der Waals surface area (Å²) in [7, 11) is -3.15. The topological polar surface area (TPSA) is 72.3 Å². The van der Waals surface area contributed by atoms with E-state index in [2.05, 4.69) is 0 Å². The van der Waals surface area contributed by atoms with Crippen LogP contribution in [0.25, 0.3) is 16.9 Å². The van der Waals surface area contributed by atoms with Gasteiger partial charge in [-0.15, -0.1) is 11.3 Å². The number of rotatable bonds is 6. The molecule has 0 radical (unpaired) electrons. The minimum absolute atomic E-state index is 0.00483. The molecule has 1 saturated heterocycles. The molecule has 1 atom stereocenters. The summed E-state index contributed by atoms with van der Waals surface area (Å²) < 4.78 is 26.1. The molecular formula is C25H23N3O3S2. The highest BCUT2D eigenvalue weighted by Crippen LogP contribution is 2.27. The van der Waals surface area contributed by atoms with E-state index in [1.165, 1.54) is 0 Å². The highest BCUT2D eigenvalue weighted by atomic mass is 32.2. The highest BCUT2D eigenvalue weighted by molar-refractivity contribution is 7.91. The Morgan fingerprint density at radius 1 is 1.03 bits per heavy atom. The Morgan fingerprint density at radius 2 is 1.76 bits per heavy atom. The van der Waals surface area contributed by atoms with Gasteiger partial charge in [0, 0.05) is 16.5 Å². The van der Waals surface area contributed by atoms with Gasteiger partial charge >= 0.3 is 0 Å². The summed E-state index contributed by atoms with van der Waals surface area (Å²) in [6, 6.07) is 24.6. The summed E-state index contributed by atoms with van der Waals surface area (Å²) in [5.41, 5.74) is 2.80. The van der Waals surface area contributed by atoms with Crippen LogP contribution in [0.5, 0.6) is 0 Å². The molecule has 5 rings (SSSR count). The van der Waals surface area contributed by atoms with Crippen molar-refractivity contribution in [2.24, 2.45) is 0 Å². The van der Waals surface area contributed by atoms with E-state index >= 15 is 0 Å². The van der Waals surface area contributed by atoms with E-state index in [4.69, 9.17) is 5.10 Å². The van der Waals surface area contributed by atoms with Crippen LogP contribution >= 0.6 is 11.3 Å². The SMILES string of the molecule is O=C(c1cc(-c2ccccc2)nn1-c1ccccc1)N(Cc1cccs1)[C@H]1CCS(=O)(=O)C1. The lowest BCUT2D eigenvalue weighted by Gasteiger charge is -2.28. The third-order valence-corrected chi connectivity index (χ3v) is 8.43. The van der Waals surface area contributed by atoms with Gasteiger partial charge in [0.15, 0.2) is 9.84 Å². The van der Waals surface area contributed by atoms with Crippen LogP contribution in [0.15, 0.2) is 84.2 Å². The summed E-state index contributed by atoms with van der Waals surface area (Å²) in [5, 5.41) is 6.72. The number of sulfone groups is 1. The van der Waals surface area contributed by atoms with Crippen LogP contribution in [0.3, 0.4) is 0 Å². The van der Waals surface area contributed by atoms with Gasteiger partial charge in [0.2, 0.25) is 0 Å². The number of hydrogen-bond donors (Lipinski definition) is 0. The second kappa shape index (κ2) is 8.96. The minimum Gasteiger partial charge on any atom is -0.328 e. The molecule has 0 N–H and O–H groups in total. The van der Waals surface area contributed by atoms with Crippen molar-refractivity contribution in [3.63, 3.8) is 0 Å². The molecule has 0 bridgehead atoms. The largest absolute Gasteiger partial charge is 0.328 e. The van der Waals surface area contributed by atoms with Crippen LogP contribution in [0.4, 0.5) is 0 Å². The molecule has 0 unspecified atom stereocenters. The number of carbonyl (C=O) groups is 1. The number of aromatic nitrogens is 2. The van der Waals surface area contributed by atoms with E-state index in [1.54, 1.807) is 27.0 Å². The van der Waals surface area contributed by atoms with Crippen molar-refractivity contribution in [3.05, 3.63) is 94.8 Å². The zero-order chi connectivity index (χ0) is 22.8. The summed E-state index contributed by atoms with van der Waals surface area (Å²) in [6.07, 6.45) is 0.449. The normalized spacial score (nSPS) is 17.2. The smallest absolute Gasteiger partial charge is 0.273 e. The van der Waals surface area contributed by atoms with E-state index < -0.39 is 9.84 Å². The Morgan fingerprint density at radius 3 is 2.39 bits per heavy atom. The van der Waals surface area contributed by atoms with Crippen molar-refractivity contribution in [1.29, 1.82) is 0 Å². The molecule has 2 aromatic carbocycles. The fourth-order valence-corrected chi connectivity index (χ4v) is 6.59. The molecule has 1 aliphatic rings. The average Bonchev–Trinajstić information content (AvgIpc) is 3.58. The molecule has 8 heteroatoms. The fraction of sp³-hybridized carbons (Fsp3) is 0.200. The van der Waals surface area contributed by atoms with E-state index in [-0.39, 0.29) is 23.5 Å². The Kier molecular flexibility index (Phi) is 5.86. The van der Waals surface area contributed by atoms with Crippen molar-refractivity contribution < 1.29 is 13.2 Å². The van der Waals surface area contributed by atoms with Gasteiger partial charge in [0.1, 0.15) is 5.69 Å². The van der Waals surface area contributed by atoms with E-state index in [0.717, 1.165) is 16.1 Å². The number of amides is 1. The maximum absolute atomic E-state index is 14.0. The Balaban J connectivity index is 1.59. The van der Waals surface area contributed by atoms with Gasteiger partial charge in [-0.3, -0.25) is 4.79 Å². The third-order valence-electron chi connectivity index (χ3n) is 5.82. The molecule has 0 spiro atoms. The van der Waals surface area contributed by atoms with Crippen molar-refractivity contribution in [2.45, 2.75) is 19.0 Å². The lowest BCUT2D eigenvalue weighted by Crippen LogP contribution is -2.41. The van der Waals surface area contributed by atoms with Gasteiger partial charge in [-0.1, -0.05) is 54.6 Å². The number of hydrogen-bond acceptors (Lipinski definition) is 5. The molecule has 1 aliphatic heterocycles. The van der Waals surface area contributed by atoms with Gasteiger partial charge in [-0.25, -0.2) is 13.1 Å². The first-order valence-corrected chi connectivity index (χ1v) is 13.4. The van der Waals surface area contributed by atoms with Gasteiger partial charge < -0.3 is 4.90 Å². The molecule has 0 aliphatic carbocycles. The molecule has 2 aromatic heterocycles. The molecule has 33 heavy (non-hydrogen) atoms. The van der Waals surface area contributed by atoms with E-state index in [9.17, 15) is 13.2 Å². The van der Waals surface area contributed by atoms with Gasteiger partial charge in [-0.2, -0.15) is 5.10 Å². The van der Waals surface area contributed by atoms with Crippen LogP contribution in [-0.2, 0) is 16.4 Å². The number of thiophene rings is 1. The number of para-hydroxylation sites is 1. The second-order valence-electron chi connectivity index (χ2n) is 8.10. The van der Waals surface area contributed by atoms with Crippen LogP contribution in [0.1, 0.15) is 21.8 Å². The number of benzene rings is 2. The molecular weight excluding hydrogens is 454 g/mol. The predicted octanol–water partition coefficient (Wildman–Crippen LogP) is 4.43. The first-order valence-electron chi connectivity index (χ1n) is 10.7. The molecule has 6 nitrogen and oxygen atoms in total. The summed E-state index contributed by atoms with van der Waals surface area (Å²) in [4.78, 5) is 16.7. The van der Waals surface area contributed by atoms with E-state index in [0.29, 0.717) is 24.4 Å². The monoisotopic (exact) mass is 477 g/mol. The minimum atomic E-state index is -3.15. The zero-order valence-corrected chi connectivity index (χ0v) is 19.5. The zero-order valence-electron chi connectivity index (χ0n) is 17.9. The summed E-state index contributed by atoms with van der Waals surface area (Å²) in [5.74, 6) is -0.113. The lowest BCUT2D eigenvalue weighted by atomic mass is 10.1. The van der Waals surface area contributed by atoms with Gasteiger partial charge in [0.25, 0.3) is 5.91 Å². The number of nitrogens with zero attached hydrogens (tertiary/aromatic N) is 3. The average molecular weight is 478 g/mol. The molecule has 0 saturated carbocycles. The van der Waals surface area contributed by atoms with Crippen LogP contribution in [-0.4, -0.2) is 46.6 Å². The molecule has 1 amide bonds. The first kappa shape index (κ1) is 21.6. The molecule has 168 valence electrons. The molecule has 3 heterocycles. The Hall–Kier alpha value is -3.23. The van der Waals surface area contributed by atoms with Crippen LogP contribution < -0.4 is 0 Å². The predicted molar refractivity (Wildman–Crippen MR) is 130 cm³/mol. The maximum atomic E-state index is 14.0. The Labute approximate surface area is 197 Å². The summed E-state index contributed by atoms with van der Waals surface area (Å²) in [6.45, 7) is 0.372. The lowest BCUT2D eigenvalue weighted by molar-refractivity contribution is 0.0673. The van der Waals surface area contributed by atoms with Crippen LogP contribution in [0, 0.1) is 0 Å². The standard InChI is InChI=1S/C25H23N3O3S2/c29-25(27(17-22-12-7-14-32-22)21-13-15-33(30,31)18-21)24-16-23(19-8-3-1-4-9-19)26-28(24)20-10-5-2-6-11-20/h1-12,14,16,21H,13,15,17-18H2/t21-/m0/s1. The van der Waals surface area contributed by atoms with Crippen molar-refractivity contribution in [3.8, 4) is 16.9 Å². The second-order valence-corrected chi connectivity index (χ2v) is 11.4.